The smallest absolute Gasteiger partial charge is 0.257 e. The Labute approximate surface area is 153 Å². The first-order valence-electron chi connectivity index (χ1n) is 9.05. The third-order valence-electron chi connectivity index (χ3n) is 5.41. The van der Waals surface area contributed by atoms with Gasteiger partial charge < -0.3 is 14.5 Å². The number of aromatic amines is 1. The summed E-state index contributed by atoms with van der Waals surface area (Å²) in [6, 6.07) is 8.10. The van der Waals surface area contributed by atoms with Gasteiger partial charge in [0.15, 0.2) is 0 Å². The molecule has 138 valence electrons. The molecule has 2 aliphatic rings. The molecule has 1 amide bonds. The van der Waals surface area contributed by atoms with Crippen molar-refractivity contribution < 1.29 is 9.53 Å². The van der Waals surface area contributed by atoms with Crippen LogP contribution in [0.5, 0.6) is 5.75 Å². The third-order valence-corrected chi connectivity index (χ3v) is 5.41. The number of benzene rings is 1. The normalized spacial score (nSPS) is 21.5. The monoisotopic (exact) mass is 355 g/mol. The summed E-state index contributed by atoms with van der Waals surface area (Å²) in [6.45, 7) is 5.68. The van der Waals surface area contributed by atoms with Gasteiger partial charge in [-0.25, -0.2) is 0 Å². The van der Waals surface area contributed by atoms with Crippen molar-refractivity contribution in [3.05, 3.63) is 36.0 Å². The Hall–Kier alpha value is -2.38. The molecule has 3 heterocycles. The second kappa shape index (κ2) is 7.09. The minimum absolute atomic E-state index is 0.0458. The first-order valence-corrected chi connectivity index (χ1v) is 9.05. The van der Waals surface area contributed by atoms with Crippen molar-refractivity contribution in [2.24, 2.45) is 0 Å². The van der Waals surface area contributed by atoms with Gasteiger partial charge in [0.1, 0.15) is 5.75 Å². The molecule has 7 nitrogen and oxygen atoms in total. The number of hydrogen-bond acceptors (Lipinski definition) is 5. The van der Waals surface area contributed by atoms with Gasteiger partial charge >= 0.3 is 0 Å². The number of carbonyl (C=O) groups excluding carboxylic acids is 1. The lowest BCUT2D eigenvalue weighted by molar-refractivity contribution is 0.0190. The molecule has 7 heteroatoms. The van der Waals surface area contributed by atoms with Gasteiger partial charge in [0.2, 0.25) is 0 Å². The van der Waals surface area contributed by atoms with Gasteiger partial charge in [0, 0.05) is 50.9 Å². The standard InChI is InChI=1S/C19H25N5O2/c1-22-6-7-23-8-9-24(13-15(23)12-22)19(25)17-11-20-21-18(17)14-4-3-5-16(10-14)26-2/h3-5,10-11,15H,6-9,12-13H2,1-2H3,(H,20,21). The fourth-order valence-corrected chi connectivity index (χ4v) is 3.91. The topological polar surface area (TPSA) is 64.7 Å². The molecule has 0 spiro atoms. The van der Waals surface area contributed by atoms with E-state index in [0.29, 0.717) is 11.6 Å². The summed E-state index contributed by atoms with van der Waals surface area (Å²) < 4.78 is 5.30. The van der Waals surface area contributed by atoms with Crippen molar-refractivity contribution in [1.29, 1.82) is 0 Å². The molecule has 0 radical (unpaired) electrons. The van der Waals surface area contributed by atoms with Crippen LogP contribution in [-0.2, 0) is 0 Å². The number of nitrogens with one attached hydrogen (secondary N) is 1. The van der Waals surface area contributed by atoms with Crippen LogP contribution >= 0.6 is 0 Å². The molecule has 1 aromatic heterocycles. The zero-order valence-electron chi connectivity index (χ0n) is 15.3. The van der Waals surface area contributed by atoms with E-state index >= 15 is 0 Å². The number of piperazine rings is 2. The van der Waals surface area contributed by atoms with Gasteiger partial charge in [-0.3, -0.25) is 14.8 Å². The zero-order chi connectivity index (χ0) is 18.1. The number of carbonyl (C=O) groups is 1. The maximum Gasteiger partial charge on any atom is 0.257 e. The van der Waals surface area contributed by atoms with Crippen LogP contribution in [0, 0.1) is 0 Å². The number of ether oxygens (including phenoxy) is 1. The summed E-state index contributed by atoms with van der Waals surface area (Å²) in [6.07, 6.45) is 1.64. The number of rotatable bonds is 3. The van der Waals surface area contributed by atoms with Gasteiger partial charge in [-0.15, -0.1) is 0 Å². The average Bonchev–Trinajstić information content (AvgIpc) is 3.16. The first kappa shape index (κ1) is 17.1. The van der Waals surface area contributed by atoms with Crippen LogP contribution in [0.15, 0.2) is 30.5 Å². The van der Waals surface area contributed by atoms with Crippen molar-refractivity contribution in [2.75, 3.05) is 53.4 Å². The summed E-state index contributed by atoms with van der Waals surface area (Å²) in [5.41, 5.74) is 2.27. The fourth-order valence-electron chi connectivity index (χ4n) is 3.91. The molecule has 2 saturated heterocycles. The van der Waals surface area contributed by atoms with E-state index < -0.39 is 0 Å². The molecule has 2 fully saturated rings. The highest BCUT2D eigenvalue weighted by atomic mass is 16.5. The van der Waals surface area contributed by atoms with Crippen LogP contribution in [0.2, 0.25) is 0 Å². The second-order valence-corrected chi connectivity index (χ2v) is 7.09. The van der Waals surface area contributed by atoms with Crippen LogP contribution < -0.4 is 4.74 Å². The lowest BCUT2D eigenvalue weighted by atomic mass is 10.0. The lowest BCUT2D eigenvalue weighted by Crippen LogP contribution is -2.62. The molecule has 26 heavy (non-hydrogen) atoms. The molecule has 2 aliphatic heterocycles. The van der Waals surface area contributed by atoms with Gasteiger partial charge in [-0.05, 0) is 19.2 Å². The van der Waals surface area contributed by atoms with E-state index in [2.05, 4.69) is 27.0 Å². The van der Waals surface area contributed by atoms with E-state index in [-0.39, 0.29) is 5.91 Å². The largest absolute Gasteiger partial charge is 0.497 e. The highest BCUT2D eigenvalue weighted by Crippen LogP contribution is 2.26. The molecule has 4 rings (SSSR count). The summed E-state index contributed by atoms with van der Waals surface area (Å²) in [5.74, 6) is 0.804. The van der Waals surface area contributed by atoms with Gasteiger partial charge in [-0.2, -0.15) is 5.10 Å². The van der Waals surface area contributed by atoms with E-state index in [9.17, 15) is 4.79 Å². The predicted octanol–water partition coefficient (Wildman–Crippen LogP) is 1.16. The predicted molar refractivity (Wildman–Crippen MR) is 99.3 cm³/mol. The van der Waals surface area contributed by atoms with Gasteiger partial charge in [0.05, 0.1) is 24.6 Å². The highest BCUT2D eigenvalue weighted by Gasteiger charge is 2.34. The summed E-state index contributed by atoms with van der Waals surface area (Å²) >= 11 is 0. The third kappa shape index (κ3) is 3.20. The molecule has 1 aromatic carbocycles. The summed E-state index contributed by atoms with van der Waals surface area (Å²) in [7, 11) is 3.79. The first-order chi connectivity index (χ1) is 12.7. The lowest BCUT2D eigenvalue weighted by Gasteiger charge is -2.46. The van der Waals surface area contributed by atoms with Crippen molar-refractivity contribution in [3.8, 4) is 17.0 Å². The van der Waals surface area contributed by atoms with Crippen LogP contribution in [0.4, 0.5) is 0 Å². The number of amides is 1. The van der Waals surface area contributed by atoms with E-state index in [1.165, 1.54) is 0 Å². The molecular formula is C19H25N5O2. The zero-order valence-corrected chi connectivity index (χ0v) is 15.3. The van der Waals surface area contributed by atoms with Crippen molar-refractivity contribution in [3.63, 3.8) is 0 Å². The molecule has 0 aliphatic carbocycles. The molecular weight excluding hydrogens is 330 g/mol. The number of hydrogen-bond donors (Lipinski definition) is 1. The van der Waals surface area contributed by atoms with Gasteiger partial charge in [0.25, 0.3) is 5.91 Å². The number of aromatic nitrogens is 2. The average molecular weight is 355 g/mol. The van der Waals surface area contributed by atoms with E-state index in [1.807, 2.05) is 29.2 Å². The van der Waals surface area contributed by atoms with Crippen LogP contribution in [0.1, 0.15) is 10.4 Å². The number of fused-ring (bicyclic) bond motifs is 1. The highest BCUT2D eigenvalue weighted by molar-refractivity contribution is 5.99. The Morgan fingerprint density at radius 2 is 2.08 bits per heavy atom. The molecule has 0 saturated carbocycles. The number of likely N-dealkylation sites (N-methyl/N-ethyl adjacent to an activating group) is 1. The van der Waals surface area contributed by atoms with Crippen LogP contribution in [0.25, 0.3) is 11.3 Å². The Balaban J connectivity index is 1.55. The second-order valence-electron chi connectivity index (χ2n) is 7.09. The summed E-state index contributed by atoms with van der Waals surface area (Å²) in [4.78, 5) is 20.0. The molecule has 1 N–H and O–H groups in total. The van der Waals surface area contributed by atoms with Crippen LogP contribution in [-0.4, -0.2) is 90.3 Å². The summed E-state index contributed by atoms with van der Waals surface area (Å²) in [5, 5.41) is 7.12. The number of methoxy groups -OCH3 is 1. The molecule has 1 atom stereocenters. The van der Waals surface area contributed by atoms with E-state index in [1.54, 1.807) is 13.3 Å². The SMILES string of the molecule is COc1cccc(-c2[nH]ncc2C(=O)N2CCN3CCN(C)CC3C2)c1. The van der Waals surface area contributed by atoms with Gasteiger partial charge in [-0.1, -0.05) is 12.1 Å². The minimum Gasteiger partial charge on any atom is -0.497 e. The minimum atomic E-state index is 0.0458. The van der Waals surface area contributed by atoms with Crippen molar-refractivity contribution in [2.45, 2.75) is 6.04 Å². The Kier molecular flexibility index (Phi) is 4.65. The number of nitrogens with zero attached hydrogens (tertiary/aromatic N) is 4. The molecule has 2 aromatic rings. The van der Waals surface area contributed by atoms with E-state index in [0.717, 1.165) is 56.3 Å². The van der Waals surface area contributed by atoms with Crippen LogP contribution in [0.3, 0.4) is 0 Å². The van der Waals surface area contributed by atoms with Crippen molar-refractivity contribution in [1.82, 2.24) is 24.9 Å². The quantitative estimate of drug-likeness (QED) is 0.895. The maximum atomic E-state index is 13.2. The number of H-pyrrole nitrogens is 1. The van der Waals surface area contributed by atoms with E-state index in [4.69, 9.17) is 4.74 Å². The Morgan fingerprint density at radius 3 is 2.92 bits per heavy atom. The maximum absolute atomic E-state index is 13.2. The Bertz CT molecular complexity index is 790. The fraction of sp³-hybridized carbons (Fsp3) is 0.474. The molecule has 0 bridgehead atoms. The molecule has 1 unspecified atom stereocenters. The van der Waals surface area contributed by atoms with Crippen molar-refractivity contribution >= 4 is 5.91 Å². The Morgan fingerprint density at radius 1 is 1.23 bits per heavy atom.